The molecule has 1 N–H and O–H groups in total. The van der Waals surface area contributed by atoms with E-state index >= 15 is 0 Å². The number of carbonyl (C=O) groups is 2. The fraction of sp³-hybridized carbons (Fsp3) is 0.556. The van der Waals surface area contributed by atoms with Crippen LogP contribution in [0.5, 0.6) is 5.75 Å². The maximum atomic E-state index is 12.5. The van der Waals surface area contributed by atoms with E-state index < -0.39 is 0 Å². The monoisotopic (exact) mass is 318 g/mol. The van der Waals surface area contributed by atoms with Crippen LogP contribution in [-0.4, -0.2) is 43.5 Å². The van der Waals surface area contributed by atoms with Crippen LogP contribution in [0.15, 0.2) is 24.3 Å². The van der Waals surface area contributed by atoms with Crippen LogP contribution in [0.4, 0.5) is 0 Å². The summed E-state index contributed by atoms with van der Waals surface area (Å²) in [6, 6.07) is 7.59. The van der Waals surface area contributed by atoms with Crippen LogP contribution in [0.3, 0.4) is 0 Å². The molecule has 0 atom stereocenters. The van der Waals surface area contributed by atoms with Crippen LogP contribution >= 0.6 is 0 Å². The molecule has 1 aromatic rings. The van der Waals surface area contributed by atoms with Crippen molar-refractivity contribution in [2.45, 2.75) is 32.6 Å². The Bertz CT molecular complexity index is 537. The second kappa shape index (κ2) is 8.56. The Morgan fingerprint density at radius 2 is 1.96 bits per heavy atom. The number of hydrogen-bond acceptors (Lipinski definition) is 3. The van der Waals surface area contributed by atoms with Crippen LogP contribution in [0.25, 0.3) is 0 Å². The Morgan fingerprint density at radius 1 is 1.26 bits per heavy atom. The molecule has 2 rings (SSSR count). The molecule has 0 bridgehead atoms. The minimum Gasteiger partial charge on any atom is -0.496 e. The van der Waals surface area contributed by atoms with E-state index in [1.807, 2.05) is 36.1 Å². The molecule has 1 heterocycles. The van der Waals surface area contributed by atoms with Crippen molar-refractivity contribution in [1.82, 2.24) is 10.2 Å². The maximum Gasteiger partial charge on any atom is 0.227 e. The first-order valence-electron chi connectivity index (χ1n) is 8.33. The van der Waals surface area contributed by atoms with E-state index in [9.17, 15) is 9.59 Å². The molecule has 0 spiro atoms. The molecule has 1 saturated heterocycles. The van der Waals surface area contributed by atoms with Gasteiger partial charge >= 0.3 is 0 Å². The van der Waals surface area contributed by atoms with E-state index in [1.165, 1.54) is 0 Å². The van der Waals surface area contributed by atoms with Crippen molar-refractivity contribution in [1.29, 1.82) is 0 Å². The molecule has 1 fully saturated rings. The zero-order valence-electron chi connectivity index (χ0n) is 14.0. The van der Waals surface area contributed by atoms with E-state index in [1.54, 1.807) is 7.11 Å². The standard InChI is InChI=1S/C18H26N2O3/c1-3-10-19-18(22)14-8-11-20(12-9-14)17(21)13-15-6-4-5-7-16(15)23-2/h4-7,14H,3,8-13H2,1-2H3,(H,19,22). The van der Waals surface area contributed by atoms with Gasteiger partial charge < -0.3 is 15.0 Å². The lowest BCUT2D eigenvalue weighted by Gasteiger charge is -2.31. The van der Waals surface area contributed by atoms with Crippen molar-refractivity contribution in [3.05, 3.63) is 29.8 Å². The zero-order valence-corrected chi connectivity index (χ0v) is 14.0. The molecule has 5 nitrogen and oxygen atoms in total. The number of nitrogens with zero attached hydrogens (tertiary/aromatic N) is 1. The Kier molecular flexibility index (Phi) is 6.44. The second-order valence-corrected chi connectivity index (χ2v) is 5.93. The number of amides is 2. The molecule has 0 saturated carbocycles. The van der Waals surface area contributed by atoms with Crippen molar-refractivity contribution in [2.24, 2.45) is 5.92 Å². The molecular weight excluding hydrogens is 292 g/mol. The quantitative estimate of drug-likeness (QED) is 0.873. The molecule has 5 heteroatoms. The van der Waals surface area contributed by atoms with E-state index in [2.05, 4.69) is 5.32 Å². The first-order valence-corrected chi connectivity index (χ1v) is 8.33. The van der Waals surface area contributed by atoms with Gasteiger partial charge in [-0.25, -0.2) is 0 Å². The highest BCUT2D eigenvalue weighted by Crippen LogP contribution is 2.21. The molecule has 0 radical (unpaired) electrons. The fourth-order valence-electron chi connectivity index (χ4n) is 2.91. The van der Waals surface area contributed by atoms with E-state index in [-0.39, 0.29) is 17.7 Å². The highest BCUT2D eigenvalue weighted by molar-refractivity contribution is 5.81. The second-order valence-electron chi connectivity index (χ2n) is 5.93. The Morgan fingerprint density at radius 3 is 2.61 bits per heavy atom. The van der Waals surface area contributed by atoms with Gasteiger partial charge in [0.25, 0.3) is 0 Å². The van der Waals surface area contributed by atoms with Crippen molar-refractivity contribution >= 4 is 11.8 Å². The highest BCUT2D eigenvalue weighted by atomic mass is 16.5. The minimum atomic E-state index is 0.0388. The SMILES string of the molecule is CCCNC(=O)C1CCN(C(=O)Cc2ccccc2OC)CC1. The van der Waals surface area contributed by atoms with Gasteiger partial charge in [0, 0.05) is 31.1 Å². The van der Waals surface area contributed by atoms with Crippen LogP contribution < -0.4 is 10.1 Å². The highest BCUT2D eigenvalue weighted by Gasteiger charge is 2.27. The molecule has 1 aromatic carbocycles. The van der Waals surface area contributed by atoms with Gasteiger partial charge in [-0.3, -0.25) is 9.59 Å². The van der Waals surface area contributed by atoms with Gasteiger partial charge in [0.15, 0.2) is 0 Å². The number of rotatable bonds is 6. The van der Waals surface area contributed by atoms with Crippen LogP contribution in [-0.2, 0) is 16.0 Å². The molecular formula is C18H26N2O3. The fourth-order valence-corrected chi connectivity index (χ4v) is 2.91. The number of carbonyl (C=O) groups excluding carboxylic acids is 2. The lowest BCUT2D eigenvalue weighted by molar-refractivity contribution is -0.135. The van der Waals surface area contributed by atoms with Crippen LogP contribution in [0.1, 0.15) is 31.7 Å². The molecule has 1 aliphatic heterocycles. The zero-order chi connectivity index (χ0) is 16.7. The summed E-state index contributed by atoms with van der Waals surface area (Å²) >= 11 is 0. The maximum absolute atomic E-state index is 12.5. The topological polar surface area (TPSA) is 58.6 Å². The van der Waals surface area contributed by atoms with E-state index in [0.717, 1.165) is 37.1 Å². The van der Waals surface area contributed by atoms with Crippen molar-refractivity contribution in [2.75, 3.05) is 26.7 Å². The third-order valence-electron chi connectivity index (χ3n) is 4.30. The van der Waals surface area contributed by atoms with Gasteiger partial charge in [-0.15, -0.1) is 0 Å². The van der Waals surface area contributed by atoms with Gasteiger partial charge in [-0.05, 0) is 25.3 Å². The first kappa shape index (κ1) is 17.3. The number of hydrogen-bond donors (Lipinski definition) is 1. The molecule has 0 aromatic heterocycles. The van der Waals surface area contributed by atoms with Gasteiger partial charge in [-0.2, -0.15) is 0 Å². The largest absolute Gasteiger partial charge is 0.496 e. The Hall–Kier alpha value is -2.04. The average Bonchev–Trinajstić information content (AvgIpc) is 2.60. The molecule has 0 unspecified atom stereocenters. The minimum absolute atomic E-state index is 0.0388. The lowest BCUT2D eigenvalue weighted by Crippen LogP contribution is -2.43. The predicted octanol–water partition coefficient (Wildman–Crippen LogP) is 2.00. The molecule has 2 amide bonds. The van der Waals surface area contributed by atoms with Crippen molar-refractivity contribution in [3.63, 3.8) is 0 Å². The van der Waals surface area contributed by atoms with Gasteiger partial charge in [0.05, 0.1) is 13.5 Å². The summed E-state index contributed by atoms with van der Waals surface area (Å²) < 4.78 is 5.30. The number of likely N-dealkylation sites (tertiary alicyclic amines) is 1. The van der Waals surface area contributed by atoms with Crippen LogP contribution in [0, 0.1) is 5.92 Å². The predicted molar refractivity (Wildman–Crippen MR) is 89.3 cm³/mol. The number of piperidine rings is 1. The third-order valence-corrected chi connectivity index (χ3v) is 4.30. The molecule has 0 aliphatic carbocycles. The summed E-state index contributed by atoms with van der Waals surface area (Å²) in [6.45, 7) is 4.07. The summed E-state index contributed by atoms with van der Waals surface area (Å²) in [7, 11) is 1.61. The van der Waals surface area contributed by atoms with Crippen molar-refractivity contribution < 1.29 is 14.3 Å². The smallest absolute Gasteiger partial charge is 0.227 e. The summed E-state index contributed by atoms with van der Waals surface area (Å²) in [5.41, 5.74) is 0.905. The van der Waals surface area contributed by atoms with Gasteiger partial charge in [0.1, 0.15) is 5.75 Å². The number of nitrogens with one attached hydrogen (secondary N) is 1. The third kappa shape index (κ3) is 4.71. The molecule has 23 heavy (non-hydrogen) atoms. The molecule has 126 valence electrons. The number of benzene rings is 1. The summed E-state index contributed by atoms with van der Waals surface area (Å²) in [6.07, 6.45) is 2.78. The number of ether oxygens (including phenoxy) is 1. The van der Waals surface area contributed by atoms with Crippen LogP contribution in [0.2, 0.25) is 0 Å². The first-order chi connectivity index (χ1) is 11.2. The number of para-hydroxylation sites is 1. The average molecular weight is 318 g/mol. The lowest BCUT2D eigenvalue weighted by atomic mass is 9.95. The van der Waals surface area contributed by atoms with Gasteiger partial charge in [0.2, 0.25) is 11.8 Å². The van der Waals surface area contributed by atoms with Gasteiger partial charge in [-0.1, -0.05) is 25.1 Å². The van der Waals surface area contributed by atoms with E-state index in [0.29, 0.717) is 19.5 Å². The Balaban J connectivity index is 1.85. The Labute approximate surface area is 138 Å². The van der Waals surface area contributed by atoms with Crippen molar-refractivity contribution in [3.8, 4) is 5.75 Å². The summed E-state index contributed by atoms with van der Waals surface area (Å²) in [5, 5.41) is 2.94. The summed E-state index contributed by atoms with van der Waals surface area (Å²) in [5.74, 6) is 1.01. The molecule has 1 aliphatic rings. The normalized spacial score (nSPS) is 15.3. The summed E-state index contributed by atoms with van der Waals surface area (Å²) in [4.78, 5) is 26.3. The van der Waals surface area contributed by atoms with E-state index in [4.69, 9.17) is 4.74 Å². The number of methoxy groups -OCH3 is 1.